The molecule has 0 radical (unpaired) electrons. The van der Waals surface area contributed by atoms with E-state index in [-0.39, 0.29) is 0 Å². The van der Waals surface area contributed by atoms with Gasteiger partial charge < -0.3 is 0 Å². The third kappa shape index (κ3) is 7.84. The molecule has 0 aromatic rings. The molecule has 0 bridgehead atoms. The lowest BCUT2D eigenvalue weighted by Gasteiger charge is -2.27. The second kappa shape index (κ2) is 7.39. The van der Waals surface area contributed by atoms with Crippen LogP contribution >= 0.6 is 0 Å². The van der Waals surface area contributed by atoms with Crippen LogP contribution in [0.4, 0.5) is 0 Å². The van der Waals surface area contributed by atoms with Crippen LogP contribution in [0.3, 0.4) is 0 Å². The predicted octanol–water partition coefficient (Wildman–Crippen LogP) is 4.66. The Kier molecular flexibility index (Phi) is 8.79. The number of hydrogen-bond acceptors (Lipinski definition) is 0. The minimum Gasteiger partial charge on any atom is -0.103 e. The highest BCUT2D eigenvalue weighted by molar-refractivity contribution is 4.81. The van der Waals surface area contributed by atoms with Crippen LogP contribution in [-0.2, 0) is 0 Å². The molecule has 0 saturated carbocycles. The van der Waals surface area contributed by atoms with E-state index in [1.807, 2.05) is 6.08 Å². The van der Waals surface area contributed by atoms with Gasteiger partial charge >= 0.3 is 0 Å². The summed E-state index contributed by atoms with van der Waals surface area (Å²) in [6.45, 7) is 17.0. The Bertz CT molecular complexity index is 98.6. The molecule has 0 aromatic carbocycles. The lowest BCUT2D eigenvalue weighted by molar-refractivity contribution is 0.253. The molecule has 0 spiro atoms. The Balaban J connectivity index is 0. The van der Waals surface area contributed by atoms with Crippen molar-refractivity contribution in [3.05, 3.63) is 12.7 Å². The van der Waals surface area contributed by atoms with Gasteiger partial charge in [-0.1, -0.05) is 54.0 Å². The van der Waals surface area contributed by atoms with Gasteiger partial charge in [0.2, 0.25) is 0 Å². The van der Waals surface area contributed by atoms with Gasteiger partial charge in [0.15, 0.2) is 0 Å². The number of rotatable bonds is 3. The van der Waals surface area contributed by atoms with Gasteiger partial charge in [-0.2, -0.15) is 0 Å². The van der Waals surface area contributed by atoms with E-state index in [1.165, 1.54) is 6.42 Å². The van der Waals surface area contributed by atoms with Crippen LogP contribution < -0.4 is 0 Å². The molecule has 0 nitrogen and oxygen atoms in total. The summed E-state index contributed by atoms with van der Waals surface area (Å²) in [5.41, 5.74) is 0.432. The van der Waals surface area contributed by atoms with E-state index in [9.17, 15) is 0 Å². The maximum absolute atomic E-state index is 3.73. The van der Waals surface area contributed by atoms with Crippen molar-refractivity contribution in [2.24, 2.45) is 11.3 Å². The van der Waals surface area contributed by atoms with Crippen molar-refractivity contribution in [1.29, 1.82) is 0 Å². The second-order valence-electron chi connectivity index (χ2n) is 4.34. The molecule has 0 heterocycles. The van der Waals surface area contributed by atoms with E-state index in [0.29, 0.717) is 5.41 Å². The summed E-state index contributed by atoms with van der Waals surface area (Å²) in [5.74, 6) is 0.746. The van der Waals surface area contributed by atoms with Crippen molar-refractivity contribution in [2.45, 2.75) is 54.4 Å². The Morgan fingerprint density at radius 1 is 1.25 bits per heavy atom. The van der Waals surface area contributed by atoms with Gasteiger partial charge in [-0.15, -0.1) is 6.58 Å². The summed E-state index contributed by atoms with van der Waals surface area (Å²) in [7, 11) is 0. The quantitative estimate of drug-likeness (QED) is 0.540. The van der Waals surface area contributed by atoms with Crippen molar-refractivity contribution in [2.75, 3.05) is 0 Å². The molecule has 0 aliphatic carbocycles. The topological polar surface area (TPSA) is 0 Å². The van der Waals surface area contributed by atoms with Gasteiger partial charge in [-0.25, -0.2) is 0 Å². The van der Waals surface area contributed by atoms with Gasteiger partial charge in [0, 0.05) is 0 Å². The molecule has 0 aliphatic rings. The third-order valence-electron chi connectivity index (χ3n) is 2.23. The van der Waals surface area contributed by atoms with Gasteiger partial charge in [0.25, 0.3) is 0 Å². The fourth-order valence-corrected chi connectivity index (χ4v) is 0.608. The van der Waals surface area contributed by atoms with Gasteiger partial charge in [-0.05, 0) is 17.8 Å². The fraction of sp³-hybridized carbons (Fsp3) is 0.833. The number of allylic oxidation sites excluding steroid dienone is 1. The SMILES string of the molecule is C=CCC(C)(C)C(C)C.CCC. The Morgan fingerprint density at radius 2 is 1.58 bits per heavy atom. The second-order valence-corrected chi connectivity index (χ2v) is 4.34. The summed E-state index contributed by atoms with van der Waals surface area (Å²) in [5, 5.41) is 0. The smallest absolute Gasteiger partial charge is 0.0297 e. The Labute approximate surface area is 79.1 Å². The summed E-state index contributed by atoms with van der Waals surface area (Å²) in [6, 6.07) is 0. The minimum atomic E-state index is 0.432. The third-order valence-corrected chi connectivity index (χ3v) is 2.23. The molecule has 74 valence electrons. The van der Waals surface area contributed by atoms with Gasteiger partial charge in [-0.3, -0.25) is 0 Å². The van der Waals surface area contributed by atoms with Crippen LogP contribution in [0.15, 0.2) is 12.7 Å². The van der Waals surface area contributed by atoms with E-state index >= 15 is 0 Å². The molecule has 0 aromatic heterocycles. The average Bonchev–Trinajstić information content (AvgIpc) is 1.88. The zero-order valence-corrected chi connectivity index (χ0v) is 9.78. The van der Waals surface area contributed by atoms with E-state index < -0.39 is 0 Å². The lowest BCUT2D eigenvalue weighted by atomic mass is 9.78. The first-order valence-electron chi connectivity index (χ1n) is 5.03. The maximum Gasteiger partial charge on any atom is -0.0297 e. The molecule has 0 amide bonds. The maximum atomic E-state index is 3.73. The van der Waals surface area contributed by atoms with Crippen LogP contribution in [0.25, 0.3) is 0 Å². The first kappa shape index (κ1) is 14.3. The molecule has 0 atom stereocenters. The normalized spacial score (nSPS) is 10.6. The van der Waals surface area contributed by atoms with Crippen molar-refractivity contribution in [3.63, 3.8) is 0 Å². The summed E-state index contributed by atoms with van der Waals surface area (Å²) in [4.78, 5) is 0. The zero-order chi connectivity index (χ0) is 10.2. The molecule has 0 unspecified atom stereocenters. The highest BCUT2D eigenvalue weighted by atomic mass is 14.2. The first-order chi connectivity index (χ1) is 5.42. The average molecular weight is 170 g/mol. The highest BCUT2D eigenvalue weighted by Gasteiger charge is 2.19. The van der Waals surface area contributed by atoms with E-state index in [4.69, 9.17) is 0 Å². The predicted molar refractivity (Wildman–Crippen MR) is 59.4 cm³/mol. The van der Waals surface area contributed by atoms with Gasteiger partial charge in [0.1, 0.15) is 0 Å². The molecule has 0 fully saturated rings. The minimum absolute atomic E-state index is 0.432. The van der Waals surface area contributed by atoms with E-state index in [2.05, 4.69) is 48.1 Å². The largest absolute Gasteiger partial charge is 0.103 e. The molecule has 0 rings (SSSR count). The first-order valence-corrected chi connectivity index (χ1v) is 5.03. The Morgan fingerprint density at radius 3 is 1.67 bits per heavy atom. The van der Waals surface area contributed by atoms with Crippen LogP contribution in [0.5, 0.6) is 0 Å². The zero-order valence-electron chi connectivity index (χ0n) is 9.78. The molecular formula is C12H26. The fourth-order valence-electron chi connectivity index (χ4n) is 0.608. The molecule has 0 N–H and O–H groups in total. The van der Waals surface area contributed by atoms with Crippen LogP contribution in [0, 0.1) is 11.3 Å². The number of hydrogen-bond donors (Lipinski definition) is 0. The highest BCUT2D eigenvalue weighted by Crippen LogP contribution is 2.29. The van der Waals surface area contributed by atoms with Crippen molar-refractivity contribution in [3.8, 4) is 0 Å². The summed E-state index contributed by atoms with van der Waals surface area (Å²) < 4.78 is 0. The summed E-state index contributed by atoms with van der Waals surface area (Å²) >= 11 is 0. The summed E-state index contributed by atoms with van der Waals surface area (Å²) in [6.07, 6.45) is 4.37. The molecule has 12 heavy (non-hydrogen) atoms. The van der Waals surface area contributed by atoms with Crippen molar-refractivity contribution in [1.82, 2.24) is 0 Å². The van der Waals surface area contributed by atoms with Crippen LogP contribution in [-0.4, -0.2) is 0 Å². The van der Waals surface area contributed by atoms with E-state index in [1.54, 1.807) is 0 Å². The van der Waals surface area contributed by atoms with Crippen molar-refractivity contribution < 1.29 is 0 Å². The molecule has 0 heteroatoms. The van der Waals surface area contributed by atoms with E-state index in [0.717, 1.165) is 12.3 Å². The standard InChI is InChI=1S/C9H18.C3H8/c1-6-7-9(4,5)8(2)3;1-3-2/h6,8H,1,7H2,2-5H3;3H2,1-2H3. The van der Waals surface area contributed by atoms with Crippen molar-refractivity contribution >= 4 is 0 Å². The molecule has 0 saturated heterocycles. The van der Waals surface area contributed by atoms with Crippen LogP contribution in [0.1, 0.15) is 54.4 Å². The molecule has 0 aliphatic heterocycles. The Hall–Kier alpha value is -0.260. The van der Waals surface area contributed by atoms with Crippen LogP contribution in [0.2, 0.25) is 0 Å². The van der Waals surface area contributed by atoms with Gasteiger partial charge in [0.05, 0.1) is 0 Å². The molecular weight excluding hydrogens is 144 g/mol. The lowest BCUT2D eigenvalue weighted by Crippen LogP contribution is -2.17. The monoisotopic (exact) mass is 170 g/mol.